The number of fused-ring (bicyclic) bond motifs is 1. The number of nitrogens with one attached hydrogen (secondary N) is 1. The normalized spacial score (nSPS) is 16.1. The van der Waals surface area contributed by atoms with Gasteiger partial charge in [-0.25, -0.2) is 0 Å². The summed E-state index contributed by atoms with van der Waals surface area (Å²) in [6, 6.07) is 9.31. The summed E-state index contributed by atoms with van der Waals surface area (Å²) < 4.78 is 5.62. The molecule has 6 nitrogen and oxygen atoms in total. The smallest absolute Gasteiger partial charge is 0.267 e. The lowest BCUT2D eigenvalue weighted by Crippen LogP contribution is -2.45. The predicted octanol–water partition coefficient (Wildman–Crippen LogP) is 3.15. The van der Waals surface area contributed by atoms with Gasteiger partial charge in [-0.1, -0.05) is 12.1 Å². The number of aromatic nitrogens is 1. The molecule has 0 aliphatic carbocycles. The quantitative estimate of drug-likeness (QED) is 0.916. The standard InChI is InChI=1S/C20H23N3O3/c1-12-11-13(2)21-14(3)19(12)22-18(24)9-10-23-16-7-5-6-8-17(16)26-15(4)20(23)25/h5-8,11,15H,9-10H2,1-4H3,(H,22,24). The molecular weight excluding hydrogens is 330 g/mol. The Hall–Kier alpha value is -2.89. The number of pyridine rings is 1. The Morgan fingerprint density at radius 3 is 2.73 bits per heavy atom. The van der Waals surface area contributed by atoms with Crippen molar-refractivity contribution in [3.63, 3.8) is 0 Å². The second kappa shape index (κ2) is 7.15. The van der Waals surface area contributed by atoms with Gasteiger partial charge in [-0.15, -0.1) is 0 Å². The molecule has 0 saturated heterocycles. The Balaban J connectivity index is 1.71. The largest absolute Gasteiger partial charge is 0.479 e. The molecule has 0 radical (unpaired) electrons. The number of amides is 2. The van der Waals surface area contributed by atoms with E-state index in [0.29, 0.717) is 18.0 Å². The average molecular weight is 353 g/mol. The molecule has 1 aliphatic rings. The van der Waals surface area contributed by atoms with Crippen molar-refractivity contribution in [3.05, 3.63) is 47.3 Å². The van der Waals surface area contributed by atoms with E-state index in [4.69, 9.17) is 4.74 Å². The van der Waals surface area contributed by atoms with Gasteiger partial charge in [-0.05, 0) is 51.5 Å². The van der Waals surface area contributed by atoms with E-state index in [2.05, 4.69) is 10.3 Å². The third kappa shape index (κ3) is 3.54. The molecule has 0 fully saturated rings. The summed E-state index contributed by atoms with van der Waals surface area (Å²) in [6.45, 7) is 7.76. The highest BCUT2D eigenvalue weighted by Crippen LogP contribution is 2.33. The second-order valence-electron chi connectivity index (χ2n) is 6.56. The first-order valence-electron chi connectivity index (χ1n) is 8.68. The van der Waals surface area contributed by atoms with Gasteiger partial charge < -0.3 is 15.0 Å². The molecule has 2 amide bonds. The van der Waals surface area contributed by atoms with Crippen molar-refractivity contribution in [2.75, 3.05) is 16.8 Å². The van der Waals surface area contributed by atoms with Gasteiger partial charge in [0.15, 0.2) is 6.10 Å². The molecule has 6 heteroatoms. The molecular formula is C20H23N3O3. The fourth-order valence-electron chi connectivity index (χ4n) is 3.22. The number of benzene rings is 1. The molecule has 1 N–H and O–H groups in total. The maximum Gasteiger partial charge on any atom is 0.267 e. The molecule has 26 heavy (non-hydrogen) atoms. The Morgan fingerprint density at radius 2 is 2.00 bits per heavy atom. The van der Waals surface area contributed by atoms with E-state index in [0.717, 1.165) is 22.6 Å². The molecule has 0 saturated carbocycles. The molecule has 1 aromatic carbocycles. The van der Waals surface area contributed by atoms with Crippen molar-refractivity contribution in [1.82, 2.24) is 4.98 Å². The number of nitrogens with zero attached hydrogens (tertiary/aromatic N) is 2. The van der Waals surface area contributed by atoms with Gasteiger partial charge in [-0.3, -0.25) is 14.6 Å². The molecule has 1 aliphatic heterocycles. The number of ether oxygens (including phenoxy) is 1. The van der Waals surface area contributed by atoms with Gasteiger partial charge in [0, 0.05) is 18.7 Å². The number of carbonyl (C=O) groups excluding carboxylic acids is 2. The van der Waals surface area contributed by atoms with Gasteiger partial charge in [0.25, 0.3) is 5.91 Å². The zero-order valence-electron chi connectivity index (χ0n) is 15.5. The van der Waals surface area contributed by atoms with Crippen molar-refractivity contribution in [2.45, 2.75) is 40.2 Å². The Bertz CT molecular complexity index is 840. The maximum absolute atomic E-state index is 12.5. The van der Waals surface area contributed by atoms with Crippen LogP contribution in [0.1, 0.15) is 30.3 Å². The lowest BCUT2D eigenvalue weighted by molar-refractivity contribution is -0.125. The van der Waals surface area contributed by atoms with Crippen LogP contribution in [-0.2, 0) is 9.59 Å². The van der Waals surface area contributed by atoms with Crippen LogP contribution >= 0.6 is 0 Å². The van der Waals surface area contributed by atoms with Crippen LogP contribution < -0.4 is 15.0 Å². The van der Waals surface area contributed by atoms with E-state index in [1.807, 2.05) is 51.1 Å². The van der Waals surface area contributed by atoms with Gasteiger partial charge in [0.05, 0.1) is 17.1 Å². The van der Waals surface area contributed by atoms with Crippen molar-refractivity contribution in [1.29, 1.82) is 0 Å². The SMILES string of the molecule is Cc1cc(C)c(NC(=O)CCN2C(=O)C(C)Oc3ccccc32)c(C)n1. The molecule has 1 aromatic heterocycles. The van der Waals surface area contributed by atoms with Crippen molar-refractivity contribution in [3.8, 4) is 5.75 Å². The zero-order chi connectivity index (χ0) is 18.8. The molecule has 3 rings (SSSR count). The number of carbonyl (C=O) groups is 2. The highest BCUT2D eigenvalue weighted by Gasteiger charge is 2.31. The van der Waals surface area contributed by atoms with Crippen LogP contribution in [0.2, 0.25) is 0 Å². The number of hydrogen-bond acceptors (Lipinski definition) is 4. The first kappa shape index (κ1) is 17.9. The zero-order valence-corrected chi connectivity index (χ0v) is 15.5. The minimum Gasteiger partial charge on any atom is -0.479 e. The predicted molar refractivity (Wildman–Crippen MR) is 101 cm³/mol. The number of para-hydroxylation sites is 2. The molecule has 136 valence electrons. The summed E-state index contributed by atoms with van der Waals surface area (Å²) in [5, 5.41) is 2.92. The highest BCUT2D eigenvalue weighted by atomic mass is 16.5. The molecule has 0 bridgehead atoms. The van der Waals surface area contributed by atoms with Gasteiger partial charge in [0.2, 0.25) is 5.91 Å². The van der Waals surface area contributed by atoms with Crippen LogP contribution in [-0.4, -0.2) is 29.4 Å². The third-order valence-electron chi connectivity index (χ3n) is 4.43. The third-order valence-corrected chi connectivity index (χ3v) is 4.43. The Kier molecular flexibility index (Phi) is 4.93. The summed E-state index contributed by atoms with van der Waals surface area (Å²) in [6.07, 6.45) is -0.363. The van der Waals surface area contributed by atoms with Gasteiger partial charge in [0.1, 0.15) is 5.75 Å². The number of anilines is 2. The molecule has 2 aromatic rings. The van der Waals surface area contributed by atoms with Crippen LogP contribution in [0.15, 0.2) is 30.3 Å². The summed E-state index contributed by atoms with van der Waals surface area (Å²) in [4.78, 5) is 30.9. The van der Waals surface area contributed by atoms with E-state index in [-0.39, 0.29) is 18.2 Å². The van der Waals surface area contributed by atoms with E-state index in [1.165, 1.54) is 0 Å². The monoisotopic (exact) mass is 353 g/mol. The van der Waals surface area contributed by atoms with Crippen LogP contribution in [0, 0.1) is 20.8 Å². The minimum atomic E-state index is -0.557. The topological polar surface area (TPSA) is 71.5 Å². The lowest BCUT2D eigenvalue weighted by atomic mass is 10.1. The van der Waals surface area contributed by atoms with E-state index >= 15 is 0 Å². The molecule has 1 atom stereocenters. The maximum atomic E-state index is 12.5. The first-order chi connectivity index (χ1) is 12.4. The van der Waals surface area contributed by atoms with Crippen molar-refractivity contribution in [2.24, 2.45) is 0 Å². The Morgan fingerprint density at radius 1 is 1.27 bits per heavy atom. The second-order valence-corrected chi connectivity index (χ2v) is 6.56. The molecule has 0 spiro atoms. The van der Waals surface area contributed by atoms with Gasteiger partial charge >= 0.3 is 0 Å². The van der Waals surface area contributed by atoms with Crippen molar-refractivity contribution >= 4 is 23.2 Å². The summed E-state index contributed by atoms with van der Waals surface area (Å²) in [5.41, 5.74) is 4.12. The number of rotatable bonds is 4. The molecule has 2 heterocycles. The summed E-state index contributed by atoms with van der Waals surface area (Å²) in [5.74, 6) is 0.376. The van der Waals surface area contributed by atoms with Gasteiger partial charge in [-0.2, -0.15) is 0 Å². The van der Waals surface area contributed by atoms with E-state index in [1.54, 1.807) is 11.8 Å². The number of aryl methyl sites for hydroxylation is 3. The van der Waals surface area contributed by atoms with E-state index in [9.17, 15) is 9.59 Å². The fourth-order valence-corrected chi connectivity index (χ4v) is 3.22. The molecule has 1 unspecified atom stereocenters. The van der Waals surface area contributed by atoms with Crippen LogP contribution in [0.5, 0.6) is 5.75 Å². The fraction of sp³-hybridized carbons (Fsp3) is 0.350. The summed E-state index contributed by atoms with van der Waals surface area (Å²) in [7, 11) is 0. The van der Waals surface area contributed by atoms with Crippen LogP contribution in [0.3, 0.4) is 0 Å². The minimum absolute atomic E-state index is 0.138. The van der Waals surface area contributed by atoms with Crippen LogP contribution in [0.4, 0.5) is 11.4 Å². The van der Waals surface area contributed by atoms with Crippen LogP contribution in [0.25, 0.3) is 0 Å². The first-order valence-corrected chi connectivity index (χ1v) is 8.68. The van der Waals surface area contributed by atoms with E-state index < -0.39 is 6.10 Å². The van der Waals surface area contributed by atoms with Crippen molar-refractivity contribution < 1.29 is 14.3 Å². The number of hydrogen-bond donors (Lipinski definition) is 1. The highest BCUT2D eigenvalue weighted by molar-refractivity contribution is 6.01. The Labute approximate surface area is 153 Å². The lowest BCUT2D eigenvalue weighted by Gasteiger charge is -2.32. The average Bonchev–Trinajstić information content (AvgIpc) is 2.58. The summed E-state index contributed by atoms with van der Waals surface area (Å²) >= 11 is 0.